The number of ether oxygens (including phenoxy) is 1. The summed E-state index contributed by atoms with van der Waals surface area (Å²) in [6.45, 7) is 5.73. The molecule has 0 saturated heterocycles. The highest BCUT2D eigenvalue weighted by molar-refractivity contribution is 5.72. The standard InChI is InChI=1S/C13H18N2O4/c1-3-6-19-13(17)15-9-11(8-14-10(2)16)12-5-4-7-18-12/h3-5,7,11H,1,6,8-9H2,2H3,(H,14,16)(H,15,17)/t11-/m1/s1. The molecule has 0 aliphatic rings. The Morgan fingerprint density at radius 3 is 2.79 bits per heavy atom. The van der Waals surface area contributed by atoms with Crippen molar-refractivity contribution in [3.63, 3.8) is 0 Å². The van der Waals surface area contributed by atoms with Crippen molar-refractivity contribution < 1.29 is 18.7 Å². The summed E-state index contributed by atoms with van der Waals surface area (Å²) in [4.78, 5) is 22.2. The average Bonchev–Trinajstić information content (AvgIpc) is 2.89. The van der Waals surface area contributed by atoms with Crippen LogP contribution in [0.15, 0.2) is 35.5 Å². The molecule has 0 unspecified atom stereocenters. The monoisotopic (exact) mass is 266 g/mol. The minimum Gasteiger partial charge on any atom is -0.469 e. The molecule has 0 spiro atoms. The maximum atomic E-state index is 11.3. The Morgan fingerprint density at radius 2 is 2.21 bits per heavy atom. The molecule has 1 rings (SSSR count). The molecule has 0 aliphatic heterocycles. The molecule has 0 saturated carbocycles. The first-order valence-electron chi connectivity index (χ1n) is 5.92. The van der Waals surface area contributed by atoms with Crippen molar-refractivity contribution in [1.29, 1.82) is 0 Å². The van der Waals surface area contributed by atoms with Crippen LogP contribution >= 0.6 is 0 Å². The third-order valence-electron chi connectivity index (χ3n) is 2.37. The van der Waals surface area contributed by atoms with Gasteiger partial charge in [-0.05, 0) is 12.1 Å². The first-order chi connectivity index (χ1) is 9.13. The van der Waals surface area contributed by atoms with Crippen LogP contribution in [0.3, 0.4) is 0 Å². The lowest BCUT2D eigenvalue weighted by atomic mass is 10.1. The van der Waals surface area contributed by atoms with Crippen molar-refractivity contribution in [3.8, 4) is 0 Å². The number of nitrogens with one attached hydrogen (secondary N) is 2. The number of amides is 2. The highest BCUT2D eigenvalue weighted by Gasteiger charge is 2.16. The molecular formula is C13H18N2O4. The Labute approximate surface area is 111 Å². The lowest BCUT2D eigenvalue weighted by Gasteiger charge is -2.15. The molecule has 2 amide bonds. The van der Waals surface area contributed by atoms with Crippen molar-refractivity contribution >= 4 is 12.0 Å². The van der Waals surface area contributed by atoms with Gasteiger partial charge in [0.25, 0.3) is 0 Å². The number of alkyl carbamates (subject to hydrolysis) is 1. The van der Waals surface area contributed by atoms with Crippen LogP contribution in [0.1, 0.15) is 18.6 Å². The zero-order valence-electron chi connectivity index (χ0n) is 10.8. The zero-order chi connectivity index (χ0) is 14.1. The van der Waals surface area contributed by atoms with E-state index < -0.39 is 6.09 Å². The van der Waals surface area contributed by atoms with Gasteiger partial charge in [0.1, 0.15) is 12.4 Å². The lowest BCUT2D eigenvalue weighted by Crippen LogP contribution is -2.34. The van der Waals surface area contributed by atoms with Gasteiger partial charge in [-0.2, -0.15) is 0 Å². The van der Waals surface area contributed by atoms with Crippen LogP contribution in [0.2, 0.25) is 0 Å². The van der Waals surface area contributed by atoms with Crippen LogP contribution in [0, 0.1) is 0 Å². The van der Waals surface area contributed by atoms with Gasteiger partial charge in [0.2, 0.25) is 5.91 Å². The van der Waals surface area contributed by atoms with E-state index in [1.165, 1.54) is 13.0 Å². The third-order valence-corrected chi connectivity index (χ3v) is 2.37. The van der Waals surface area contributed by atoms with Crippen LogP contribution in [-0.2, 0) is 9.53 Å². The number of carbonyl (C=O) groups excluding carboxylic acids is 2. The van der Waals surface area contributed by atoms with Crippen molar-refractivity contribution in [2.75, 3.05) is 19.7 Å². The summed E-state index contributed by atoms with van der Waals surface area (Å²) < 4.78 is 10.1. The minimum absolute atomic E-state index is 0.134. The van der Waals surface area contributed by atoms with E-state index in [1.54, 1.807) is 18.4 Å². The first kappa shape index (κ1) is 14.8. The number of carbonyl (C=O) groups is 2. The van der Waals surface area contributed by atoms with E-state index in [0.29, 0.717) is 18.8 Å². The Balaban J connectivity index is 2.47. The second-order valence-electron chi connectivity index (χ2n) is 3.92. The maximum Gasteiger partial charge on any atom is 0.407 e. The van der Waals surface area contributed by atoms with Gasteiger partial charge < -0.3 is 19.8 Å². The molecule has 0 fully saturated rings. The topological polar surface area (TPSA) is 80.6 Å². The summed E-state index contributed by atoms with van der Waals surface area (Å²) in [5, 5.41) is 5.30. The van der Waals surface area contributed by atoms with Crippen LogP contribution in [0.4, 0.5) is 4.79 Å². The molecule has 0 aliphatic carbocycles. The number of rotatable bonds is 7. The highest BCUT2D eigenvalue weighted by atomic mass is 16.5. The fourth-order valence-corrected chi connectivity index (χ4v) is 1.46. The summed E-state index contributed by atoms with van der Waals surface area (Å²) >= 11 is 0. The van der Waals surface area contributed by atoms with Crippen molar-refractivity contribution in [1.82, 2.24) is 10.6 Å². The summed E-state index contributed by atoms with van der Waals surface area (Å²) in [5.41, 5.74) is 0. The van der Waals surface area contributed by atoms with Crippen LogP contribution in [0.5, 0.6) is 0 Å². The fraction of sp³-hybridized carbons (Fsp3) is 0.385. The predicted molar refractivity (Wildman–Crippen MR) is 69.7 cm³/mol. The summed E-state index contributed by atoms with van der Waals surface area (Å²) in [6, 6.07) is 3.55. The molecule has 6 heteroatoms. The van der Waals surface area contributed by atoms with Gasteiger partial charge in [-0.25, -0.2) is 4.79 Å². The first-order valence-corrected chi connectivity index (χ1v) is 5.92. The van der Waals surface area contributed by atoms with Gasteiger partial charge in [0.15, 0.2) is 0 Å². The lowest BCUT2D eigenvalue weighted by molar-refractivity contribution is -0.119. The summed E-state index contributed by atoms with van der Waals surface area (Å²) in [6.07, 6.45) is 2.51. The molecule has 0 radical (unpaired) electrons. The Hall–Kier alpha value is -2.24. The van der Waals surface area contributed by atoms with E-state index in [0.717, 1.165) is 0 Å². The Morgan fingerprint density at radius 1 is 1.47 bits per heavy atom. The fourth-order valence-electron chi connectivity index (χ4n) is 1.46. The van der Waals surface area contributed by atoms with E-state index in [9.17, 15) is 9.59 Å². The molecule has 19 heavy (non-hydrogen) atoms. The van der Waals surface area contributed by atoms with Crippen molar-refractivity contribution in [2.45, 2.75) is 12.8 Å². The zero-order valence-corrected chi connectivity index (χ0v) is 10.8. The minimum atomic E-state index is -0.528. The van der Waals surface area contributed by atoms with Gasteiger partial charge in [0.05, 0.1) is 12.2 Å². The van der Waals surface area contributed by atoms with Gasteiger partial charge in [-0.15, -0.1) is 0 Å². The van der Waals surface area contributed by atoms with Gasteiger partial charge in [0, 0.05) is 20.0 Å². The van der Waals surface area contributed by atoms with Gasteiger partial charge in [-0.3, -0.25) is 4.79 Å². The number of hydrogen-bond donors (Lipinski definition) is 2. The molecule has 0 bridgehead atoms. The highest BCUT2D eigenvalue weighted by Crippen LogP contribution is 2.14. The molecule has 0 aromatic carbocycles. The molecule has 6 nitrogen and oxygen atoms in total. The van der Waals surface area contributed by atoms with Crippen molar-refractivity contribution in [3.05, 3.63) is 36.8 Å². The van der Waals surface area contributed by atoms with E-state index in [1.807, 2.05) is 0 Å². The number of hydrogen-bond acceptors (Lipinski definition) is 4. The largest absolute Gasteiger partial charge is 0.469 e. The Bertz CT molecular complexity index is 414. The summed E-state index contributed by atoms with van der Waals surface area (Å²) in [5.74, 6) is 0.416. The predicted octanol–water partition coefficient (Wildman–Crippen LogP) is 1.41. The second-order valence-corrected chi connectivity index (χ2v) is 3.92. The molecular weight excluding hydrogens is 248 g/mol. The van der Waals surface area contributed by atoms with Crippen LogP contribution in [0.25, 0.3) is 0 Å². The summed E-state index contributed by atoms with van der Waals surface area (Å²) in [7, 11) is 0. The molecule has 1 aromatic heterocycles. The third kappa shape index (κ3) is 5.76. The second kappa shape index (κ2) is 7.97. The van der Waals surface area contributed by atoms with E-state index in [-0.39, 0.29) is 18.4 Å². The molecule has 1 aromatic rings. The Kier molecular flexibility index (Phi) is 6.21. The average molecular weight is 266 g/mol. The maximum absolute atomic E-state index is 11.3. The van der Waals surface area contributed by atoms with Crippen LogP contribution < -0.4 is 10.6 Å². The van der Waals surface area contributed by atoms with E-state index in [2.05, 4.69) is 17.2 Å². The van der Waals surface area contributed by atoms with E-state index in [4.69, 9.17) is 9.15 Å². The SMILES string of the molecule is C=CCOC(=O)NC[C@@H](CNC(C)=O)c1ccco1. The van der Waals surface area contributed by atoms with Gasteiger partial charge >= 0.3 is 6.09 Å². The molecule has 1 heterocycles. The van der Waals surface area contributed by atoms with Crippen LogP contribution in [-0.4, -0.2) is 31.7 Å². The van der Waals surface area contributed by atoms with Crippen molar-refractivity contribution in [2.24, 2.45) is 0 Å². The molecule has 2 N–H and O–H groups in total. The quantitative estimate of drug-likeness (QED) is 0.731. The number of furan rings is 1. The smallest absolute Gasteiger partial charge is 0.407 e. The van der Waals surface area contributed by atoms with E-state index >= 15 is 0 Å². The molecule has 1 atom stereocenters. The molecule has 104 valence electrons. The van der Waals surface area contributed by atoms with Gasteiger partial charge in [-0.1, -0.05) is 12.7 Å². The normalized spacial score (nSPS) is 11.4.